The third-order valence-corrected chi connectivity index (χ3v) is 3.24. The van der Waals surface area contributed by atoms with Crippen molar-refractivity contribution < 1.29 is 4.74 Å². The fraction of sp³-hybridized carbons (Fsp3) is 0.625. The molecule has 0 saturated heterocycles. The maximum Gasteiger partial charge on any atom is 0.144 e. The monoisotopic (exact) mass is 279 g/mol. The lowest BCUT2D eigenvalue weighted by molar-refractivity contribution is 0.319. The summed E-state index contributed by atoms with van der Waals surface area (Å²) >= 11 is 0. The van der Waals surface area contributed by atoms with Gasteiger partial charge in [-0.15, -0.1) is 0 Å². The fourth-order valence-electron chi connectivity index (χ4n) is 2.10. The van der Waals surface area contributed by atoms with Gasteiger partial charge in [-0.1, -0.05) is 6.92 Å². The van der Waals surface area contributed by atoms with E-state index >= 15 is 0 Å². The minimum atomic E-state index is 0.709. The summed E-state index contributed by atoms with van der Waals surface area (Å²) in [6.45, 7) is 8.12. The zero-order chi connectivity index (χ0) is 15.0. The molecule has 1 rings (SSSR count). The highest BCUT2D eigenvalue weighted by atomic mass is 16.5. The zero-order valence-corrected chi connectivity index (χ0v) is 13.4. The van der Waals surface area contributed by atoms with Crippen LogP contribution in [0.2, 0.25) is 0 Å². The molecule has 0 saturated carbocycles. The van der Waals surface area contributed by atoms with E-state index in [1.807, 2.05) is 6.07 Å². The molecule has 0 aliphatic heterocycles. The number of nitrogen functional groups attached to an aromatic ring is 1. The van der Waals surface area contributed by atoms with Gasteiger partial charge in [0.15, 0.2) is 0 Å². The van der Waals surface area contributed by atoms with E-state index < -0.39 is 0 Å². The van der Waals surface area contributed by atoms with E-state index in [2.05, 4.69) is 49.9 Å². The molecular weight excluding hydrogens is 250 g/mol. The van der Waals surface area contributed by atoms with E-state index in [0.717, 1.165) is 38.2 Å². The molecule has 0 atom stereocenters. The zero-order valence-electron chi connectivity index (χ0n) is 13.4. The van der Waals surface area contributed by atoms with E-state index in [9.17, 15) is 0 Å². The van der Waals surface area contributed by atoms with Crippen LogP contribution in [0.5, 0.6) is 5.75 Å². The van der Waals surface area contributed by atoms with Crippen molar-refractivity contribution in [3.8, 4) is 5.75 Å². The Hall–Kier alpha value is -1.42. The lowest BCUT2D eigenvalue weighted by Crippen LogP contribution is -2.27. The van der Waals surface area contributed by atoms with Crippen LogP contribution in [-0.4, -0.2) is 45.2 Å². The second-order valence-corrected chi connectivity index (χ2v) is 5.31. The maximum absolute atomic E-state index is 5.96. The highest BCUT2D eigenvalue weighted by Crippen LogP contribution is 2.28. The molecular formula is C16H29N3O. The Morgan fingerprint density at radius 1 is 1.15 bits per heavy atom. The molecule has 0 aromatic heterocycles. The number of ether oxygens (including phenoxy) is 1. The van der Waals surface area contributed by atoms with Gasteiger partial charge in [-0.3, -0.25) is 0 Å². The van der Waals surface area contributed by atoms with Gasteiger partial charge in [0, 0.05) is 24.8 Å². The second kappa shape index (κ2) is 8.69. The number of anilines is 2. The number of hydrogen-bond acceptors (Lipinski definition) is 4. The first kappa shape index (κ1) is 16.6. The Kier molecular flexibility index (Phi) is 7.23. The van der Waals surface area contributed by atoms with Crippen molar-refractivity contribution in [3.05, 3.63) is 18.2 Å². The molecule has 0 spiro atoms. The number of hydrogen-bond donors (Lipinski definition) is 1. The van der Waals surface area contributed by atoms with E-state index in [-0.39, 0.29) is 0 Å². The van der Waals surface area contributed by atoms with E-state index in [4.69, 9.17) is 10.5 Å². The summed E-state index contributed by atoms with van der Waals surface area (Å²) in [5, 5.41) is 0. The summed E-state index contributed by atoms with van der Waals surface area (Å²) in [6, 6.07) is 6.08. The van der Waals surface area contributed by atoms with Gasteiger partial charge in [0.05, 0.1) is 12.3 Å². The third-order valence-electron chi connectivity index (χ3n) is 3.24. The van der Waals surface area contributed by atoms with E-state index in [1.54, 1.807) is 0 Å². The maximum atomic E-state index is 5.96. The van der Waals surface area contributed by atoms with Crippen molar-refractivity contribution in [1.29, 1.82) is 0 Å². The molecule has 0 radical (unpaired) electrons. The Labute approximate surface area is 123 Å². The first-order chi connectivity index (χ1) is 9.58. The first-order valence-electron chi connectivity index (χ1n) is 7.50. The molecule has 0 fully saturated rings. The topological polar surface area (TPSA) is 41.7 Å². The highest BCUT2D eigenvalue weighted by molar-refractivity contribution is 5.62. The van der Waals surface area contributed by atoms with Gasteiger partial charge in [-0.2, -0.15) is 0 Å². The minimum Gasteiger partial charge on any atom is -0.491 e. The quantitative estimate of drug-likeness (QED) is 0.706. The SMILES string of the molecule is CCCOc1cc(N(CC)CCCN(C)C)ccc1N. The predicted octanol–water partition coefficient (Wildman–Crippen LogP) is 2.84. The summed E-state index contributed by atoms with van der Waals surface area (Å²) in [5.41, 5.74) is 7.86. The average molecular weight is 279 g/mol. The Morgan fingerprint density at radius 3 is 2.50 bits per heavy atom. The molecule has 0 aliphatic carbocycles. The van der Waals surface area contributed by atoms with Crippen LogP contribution in [0.3, 0.4) is 0 Å². The predicted molar refractivity (Wildman–Crippen MR) is 87.7 cm³/mol. The van der Waals surface area contributed by atoms with Crippen molar-refractivity contribution in [2.75, 3.05) is 51.0 Å². The standard InChI is InChI=1S/C16H29N3O/c1-5-12-20-16-13-14(8-9-15(16)17)19(6-2)11-7-10-18(3)4/h8-9,13H,5-7,10-12,17H2,1-4H3. The van der Waals surface area contributed by atoms with Gasteiger partial charge >= 0.3 is 0 Å². The van der Waals surface area contributed by atoms with Crippen molar-refractivity contribution in [2.24, 2.45) is 0 Å². The summed E-state index contributed by atoms with van der Waals surface area (Å²) in [6.07, 6.45) is 2.14. The molecule has 0 unspecified atom stereocenters. The van der Waals surface area contributed by atoms with Crippen LogP contribution in [0, 0.1) is 0 Å². The van der Waals surface area contributed by atoms with Crippen molar-refractivity contribution in [2.45, 2.75) is 26.7 Å². The van der Waals surface area contributed by atoms with E-state index in [0.29, 0.717) is 12.3 Å². The molecule has 2 N–H and O–H groups in total. The average Bonchev–Trinajstić information content (AvgIpc) is 2.43. The number of rotatable bonds is 9. The molecule has 4 nitrogen and oxygen atoms in total. The normalized spacial score (nSPS) is 10.8. The van der Waals surface area contributed by atoms with Crippen LogP contribution < -0.4 is 15.4 Å². The molecule has 0 heterocycles. The van der Waals surface area contributed by atoms with Crippen LogP contribution in [-0.2, 0) is 0 Å². The van der Waals surface area contributed by atoms with Crippen molar-refractivity contribution >= 4 is 11.4 Å². The van der Waals surface area contributed by atoms with E-state index in [1.165, 1.54) is 5.69 Å². The van der Waals surface area contributed by atoms with Crippen molar-refractivity contribution in [3.63, 3.8) is 0 Å². The van der Waals surface area contributed by atoms with Gasteiger partial charge in [-0.05, 0) is 52.5 Å². The number of benzene rings is 1. The van der Waals surface area contributed by atoms with Crippen LogP contribution in [0.4, 0.5) is 11.4 Å². The lowest BCUT2D eigenvalue weighted by Gasteiger charge is -2.25. The summed E-state index contributed by atoms with van der Waals surface area (Å²) < 4.78 is 5.70. The molecule has 0 amide bonds. The molecule has 0 bridgehead atoms. The smallest absolute Gasteiger partial charge is 0.144 e. The largest absolute Gasteiger partial charge is 0.491 e. The van der Waals surface area contributed by atoms with Gasteiger partial charge in [0.1, 0.15) is 5.75 Å². The Morgan fingerprint density at radius 2 is 1.90 bits per heavy atom. The number of nitrogens with two attached hydrogens (primary N) is 1. The van der Waals surface area contributed by atoms with Gasteiger partial charge in [0.25, 0.3) is 0 Å². The molecule has 4 heteroatoms. The molecule has 1 aromatic rings. The second-order valence-electron chi connectivity index (χ2n) is 5.31. The van der Waals surface area contributed by atoms with Gasteiger partial charge < -0.3 is 20.3 Å². The minimum absolute atomic E-state index is 0.709. The summed E-state index contributed by atoms with van der Waals surface area (Å²) in [5.74, 6) is 0.801. The van der Waals surface area contributed by atoms with Crippen LogP contribution in [0.1, 0.15) is 26.7 Å². The first-order valence-corrected chi connectivity index (χ1v) is 7.50. The summed E-state index contributed by atoms with van der Waals surface area (Å²) in [4.78, 5) is 4.58. The molecule has 20 heavy (non-hydrogen) atoms. The van der Waals surface area contributed by atoms with Gasteiger partial charge in [-0.25, -0.2) is 0 Å². The van der Waals surface area contributed by atoms with Crippen LogP contribution >= 0.6 is 0 Å². The Balaban J connectivity index is 2.71. The number of nitrogens with zero attached hydrogens (tertiary/aromatic N) is 2. The third kappa shape index (κ3) is 5.29. The molecule has 0 aliphatic rings. The Bertz CT molecular complexity index is 393. The summed E-state index contributed by atoms with van der Waals surface area (Å²) in [7, 11) is 4.21. The molecule has 114 valence electrons. The van der Waals surface area contributed by atoms with Crippen molar-refractivity contribution in [1.82, 2.24) is 4.90 Å². The fourth-order valence-corrected chi connectivity index (χ4v) is 2.10. The highest BCUT2D eigenvalue weighted by Gasteiger charge is 2.08. The molecule has 1 aromatic carbocycles. The van der Waals surface area contributed by atoms with Crippen LogP contribution in [0.25, 0.3) is 0 Å². The van der Waals surface area contributed by atoms with Crippen LogP contribution in [0.15, 0.2) is 18.2 Å². The van der Waals surface area contributed by atoms with Gasteiger partial charge in [0.2, 0.25) is 0 Å². The lowest BCUT2D eigenvalue weighted by atomic mass is 10.2.